The number of likely N-dealkylation sites (tertiary alicyclic amines) is 2. The summed E-state index contributed by atoms with van der Waals surface area (Å²) in [5, 5.41) is 0. The van der Waals surface area contributed by atoms with Crippen molar-refractivity contribution in [2.24, 2.45) is 5.92 Å². The first-order valence-electron chi connectivity index (χ1n) is 6.88. The standard InChI is InChI=1S/C13H24F2N2/c1-12-4-2-6-16(10-12)8-9-17-7-3-5-13(14,15)11-17/h12H,2-11H2,1H3/t12-/m1/s1. The van der Waals surface area contributed by atoms with E-state index in [-0.39, 0.29) is 13.0 Å². The van der Waals surface area contributed by atoms with Gasteiger partial charge in [-0.05, 0) is 38.3 Å². The monoisotopic (exact) mass is 246 g/mol. The van der Waals surface area contributed by atoms with Crippen LogP contribution in [0.3, 0.4) is 0 Å². The zero-order chi connectivity index (χ0) is 12.3. The molecule has 0 radical (unpaired) electrons. The van der Waals surface area contributed by atoms with E-state index in [1.807, 2.05) is 4.90 Å². The van der Waals surface area contributed by atoms with Crippen molar-refractivity contribution in [1.29, 1.82) is 0 Å². The molecule has 0 bridgehead atoms. The maximum atomic E-state index is 13.2. The second kappa shape index (κ2) is 5.61. The molecule has 100 valence electrons. The van der Waals surface area contributed by atoms with E-state index in [2.05, 4.69) is 11.8 Å². The number of nitrogens with zero attached hydrogens (tertiary/aromatic N) is 2. The Kier molecular flexibility index (Phi) is 4.36. The van der Waals surface area contributed by atoms with E-state index in [1.54, 1.807) is 0 Å². The normalized spacial score (nSPS) is 31.6. The van der Waals surface area contributed by atoms with E-state index >= 15 is 0 Å². The zero-order valence-electron chi connectivity index (χ0n) is 10.8. The molecule has 0 aliphatic carbocycles. The third-order valence-corrected chi connectivity index (χ3v) is 3.95. The van der Waals surface area contributed by atoms with Crippen LogP contribution in [0.4, 0.5) is 8.78 Å². The van der Waals surface area contributed by atoms with Crippen molar-refractivity contribution in [3.05, 3.63) is 0 Å². The Morgan fingerprint density at radius 1 is 1.12 bits per heavy atom. The van der Waals surface area contributed by atoms with Gasteiger partial charge in [-0.1, -0.05) is 6.92 Å². The molecule has 2 fully saturated rings. The first-order valence-corrected chi connectivity index (χ1v) is 6.88. The highest BCUT2D eigenvalue weighted by Gasteiger charge is 2.34. The van der Waals surface area contributed by atoms with Crippen molar-refractivity contribution in [1.82, 2.24) is 9.80 Å². The Labute approximate surface area is 103 Å². The molecular weight excluding hydrogens is 222 g/mol. The number of halogens is 2. The number of alkyl halides is 2. The van der Waals surface area contributed by atoms with Gasteiger partial charge in [-0.2, -0.15) is 0 Å². The molecule has 0 amide bonds. The average Bonchev–Trinajstić information content (AvgIpc) is 2.25. The van der Waals surface area contributed by atoms with Crippen LogP contribution in [0.5, 0.6) is 0 Å². The molecule has 2 aliphatic rings. The quantitative estimate of drug-likeness (QED) is 0.754. The molecule has 4 heteroatoms. The van der Waals surface area contributed by atoms with E-state index in [0.29, 0.717) is 6.42 Å². The molecule has 1 atom stereocenters. The maximum absolute atomic E-state index is 13.2. The molecule has 0 aromatic carbocycles. The summed E-state index contributed by atoms with van der Waals surface area (Å²) in [5.41, 5.74) is 0. The van der Waals surface area contributed by atoms with Crippen molar-refractivity contribution in [3.63, 3.8) is 0 Å². The van der Waals surface area contributed by atoms with Crippen molar-refractivity contribution >= 4 is 0 Å². The van der Waals surface area contributed by atoms with Gasteiger partial charge in [0.05, 0.1) is 6.54 Å². The molecule has 2 saturated heterocycles. The molecule has 2 nitrogen and oxygen atoms in total. The SMILES string of the molecule is C[C@@H]1CCCN(CCN2CCCC(F)(F)C2)C1. The molecular formula is C13H24F2N2. The summed E-state index contributed by atoms with van der Waals surface area (Å²) >= 11 is 0. The highest BCUT2D eigenvalue weighted by Crippen LogP contribution is 2.26. The van der Waals surface area contributed by atoms with Crippen molar-refractivity contribution in [2.75, 3.05) is 39.3 Å². The Morgan fingerprint density at radius 3 is 2.53 bits per heavy atom. The third-order valence-electron chi connectivity index (χ3n) is 3.95. The van der Waals surface area contributed by atoms with Gasteiger partial charge in [0.15, 0.2) is 0 Å². The van der Waals surface area contributed by atoms with Crippen LogP contribution in [-0.2, 0) is 0 Å². The number of piperidine rings is 2. The smallest absolute Gasteiger partial charge is 0.260 e. The van der Waals surface area contributed by atoms with E-state index in [0.717, 1.165) is 38.6 Å². The largest absolute Gasteiger partial charge is 0.302 e. The minimum atomic E-state index is -2.45. The summed E-state index contributed by atoms with van der Waals surface area (Å²) in [5.74, 6) is -1.68. The van der Waals surface area contributed by atoms with Crippen LogP contribution >= 0.6 is 0 Å². The Hall–Kier alpha value is -0.220. The van der Waals surface area contributed by atoms with Crippen LogP contribution in [0.1, 0.15) is 32.6 Å². The van der Waals surface area contributed by atoms with Crippen molar-refractivity contribution in [2.45, 2.75) is 38.5 Å². The van der Waals surface area contributed by atoms with Crippen LogP contribution in [0.25, 0.3) is 0 Å². The molecule has 2 aliphatic heterocycles. The van der Waals surface area contributed by atoms with Gasteiger partial charge < -0.3 is 4.90 Å². The molecule has 0 N–H and O–H groups in total. The van der Waals surface area contributed by atoms with E-state index in [9.17, 15) is 8.78 Å². The third kappa shape index (κ3) is 4.18. The lowest BCUT2D eigenvalue weighted by Crippen LogP contribution is -2.46. The summed E-state index contributed by atoms with van der Waals surface area (Å²) in [6.45, 7) is 7.15. The summed E-state index contributed by atoms with van der Waals surface area (Å²) < 4.78 is 26.5. The Bertz CT molecular complexity index is 246. The summed E-state index contributed by atoms with van der Waals surface area (Å²) in [4.78, 5) is 4.36. The van der Waals surface area contributed by atoms with Gasteiger partial charge in [-0.3, -0.25) is 4.90 Å². The molecule has 0 saturated carbocycles. The first-order chi connectivity index (χ1) is 8.05. The van der Waals surface area contributed by atoms with E-state index in [4.69, 9.17) is 0 Å². The number of hydrogen-bond acceptors (Lipinski definition) is 2. The summed E-state index contributed by atoms with van der Waals surface area (Å²) in [7, 11) is 0. The van der Waals surface area contributed by atoms with E-state index < -0.39 is 5.92 Å². The molecule has 2 heterocycles. The zero-order valence-corrected chi connectivity index (χ0v) is 10.8. The minimum absolute atomic E-state index is 0.0314. The summed E-state index contributed by atoms with van der Waals surface area (Å²) in [6, 6.07) is 0. The minimum Gasteiger partial charge on any atom is -0.302 e. The molecule has 0 aromatic rings. The fourth-order valence-electron chi connectivity index (χ4n) is 3.01. The number of hydrogen-bond donors (Lipinski definition) is 0. The van der Waals surface area contributed by atoms with Gasteiger partial charge in [0.2, 0.25) is 0 Å². The lowest BCUT2D eigenvalue weighted by atomic mass is 10.0. The van der Waals surface area contributed by atoms with Crippen molar-refractivity contribution in [3.8, 4) is 0 Å². The lowest BCUT2D eigenvalue weighted by molar-refractivity contribution is -0.0655. The van der Waals surface area contributed by atoms with Gasteiger partial charge in [0.1, 0.15) is 0 Å². The molecule has 0 unspecified atom stereocenters. The lowest BCUT2D eigenvalue weighted by Gasteiger charge is -2.36. The first kappa shape index (κ1) is 13.2. The van der Waals surface area contributed by atoms with Crippen LogP contribution < -0.4 is 0 Å². The van der Waals surface area contributed by atoms with Crippen LogP contribution in [0, 0.1) is 5.92 Å². The van der Waals surface area contributed by atoms with E-state index in [1.165, 1.54) is 12.8 Å². The molecule has 0 spiro atoms. The maximum Gasteiger partial charge on any atom is 0.260 e. The highest BCUT2D eigenvalue weighted by molar-refractivity contribution is 4.80. The molecule has 0 aromatic heterocycles. The second-order valence-corrected chi connectivity index (χ2v) is 5.78. The predicted molar refractivity (Wildman–Crippen MR) is 65.5 cm³/mol. The topological polar surface area (TPSA) is 6.48 Å². The molecule has 17 heavy (non-hydrogen) atoms. The molecule has 2 rings (SSSR count). The van der Waals surface area contributed by atoms with Crippen LogP contribution in [-0.4, -0.2) is 55.0 Å². The van der Waals surface area contributed by atoms with Gasteiger partial charge >= 0.3 is 0 Å². The second-order valence-electron chi connectivity index (χ2n) is 5.78. The Balaban J connectivity index is 1.70. The average molecular weight is 246 g/mol. The number of rotatable bonds is 3. The fraction of sp³-hybridized carbons (Fsp3) is 1.00. The van der Waals surface area contributed by atoms with Gasteiger partial charge in [-0.15, -0.1) is 0 Å². The highest BCUT2D eigenvalue weighted by atomic mass is 19.3. The van der Waals surface area contributed by atoms with Crippen LogP contribution in [0.2, 0.25) is 0 Å². The fourth-order valence-corrected chi connectivity index (χ4v) is 3.01. The van der Waals surface area contributed by atoms with Crippen molar-refractivity contribution < 1.29 is 8.78 Å². The van der Waals surface area contributed by atoms with Gasteiger partial charge in [0.25, 0.3) is 5.92 Å². The van der Waals surface area contributed by atoms with Gasteiger partial charge in [-0.25, -0.2) is 8.78 Å². The summed E-state index contributed by atoms with van der Waals surface area (Å²) in [6.07, 6.45) is 3.29. The predicted octanol–water partition coefficient (Wildman–Crippen LogP) is 2.45. The van der Waals surface area contributed by atoms with Gasteiger partial charge in [0, 0.05) is 26.1 Å². The Morgan fingerprint density at radius 2 is 1.82 bits per heavy atom. The van der Waals surface area contributed by atoms with Crippen LogP contribution in [0.15, 0.2) is 0 Å².